The van der Waals surface area contributed by atoms with E-state index in [0.717, 1.165) is 7.11 Å². The van der Waals surface area contributed by atoms with Crippen molar-refractivity contribution in [1.82, 2.24) is 0 Å². The lowest BCUT2D eigenvalue weighted by atomic mass is 9.33. The summed E-state index contributed by atoms with van der Waals surface area (Å²) >= 11 is 0. The fourth-order valence-electron chi connectivity index (χ4n) is 8.85. The molecule has 0 radical (unpaired) electrons. The number of aliphatic hydroxyl groups excluding tert-OH is 2. The summed E-state index contributed by atoms with van der Waals surface area (Å²) in [5, 5.41) is 23.3. The number of methoxy groups -OCH3 is 1. The van der Waals surface area contributed by atoms with E-state index in [0.29, 0.717) is 5.57 Å². The Balaban J connectivity index is 2.01. The van der Waals surface area contributed by atoms with Crippen LogP contribution in [0.1, 0.15) is 61.3 Å². The van der Waals surface area contributed by atoms with Crippen LogP contribution in [0.25, 0.3) is 0 Å². The first-order valence-electron chi connectivity index (χ1n) is 12.9. The highest BCUT2D eigenvalue weighted by atomic mass is 16.6. The van der Waals surface area contributed by atoms with Crippen LogP contribution in [0, 0.1) is 39.4 Å². The zero-order valence-electron chi connectivity index (χ0n) is 23.2. The molecular formula is C28H38O10. The Bertz CT molecular complexity index is 1160. The van der Waals surface area contributed by atoms with E-state index >= 15 is 0 Å². The predicted molar refractivity (Wildman–Crippen MR) is 131 cm³/mol. The zero-order chi connectivity index (χ0) is 29.0. The minimum atomic E-state index is -2.22. The molecule has 4 rings (SSSR count). The molecule has 0 aromatic carbocycles. The van der Waals surface area contributed by atoms with Gasteiger partial charge < -0.3 is 24.4 Å². The average molecular weight is 535 g/mol. The van der Waals surface area contributed by atoms with Crippen LogP contribution in [-0.4, -0.2) is 70.7 Å². The molecule has 0 aromatic heterocycles. The van der Waals surface area contributed by atoms with Gasteiger partial charge >= 0.3 is 17.9 Å². The third-order valence-electron chi connectivity index (χ3n) is 10.7. The maximum absolute atomic E-state index is 14.1. The normalized spacial score (nSPS) is 47.7. The molecule has 1 saturated heterocycles. The standard InChI is InChI=1S/C28H38O10/c1-12-10-14-26(6)16(31)11-15(30)24(3,4)18(26)17(32)20(37-13(2)29)27(14,7)19-21(33)38-28(8,23(35)36-9)22(34)25(12,19)5/h14,16-20,31-32H,1,10-11H2,2-9H3/t14-,16+,17-,18+,19+,20-,25+,26+,27-,28+/m0/s1. The number of carbonyl (C=O) groups is 5. The van der Waals surface area contributed by atoms with Crippen LogP contribution in [0.5, 0.6) is 0 Å². The highest BCUT2D eigenvalue weighted by molar-refractivity contribution is 6.15. The lowest BCUT2D eigenvalue weighted by Crippen LogP contribution is -2.78. The fourth-order valence-corrected chi connectivity index (χ4v) is 8.85. The number of allylic oxidation sites excluding steroid dienone is 1. The number of Topliss-reactive ketones (excluding diaryl/α,β-unsaturated/α-hetero) is 2. The largest absolute Gasteiger partial charge is 0.466 e. The Hall–Kier alpha value is -2.59. The Morgan fingerprint density at radius 2 is 1.58 bits per heavy atom. The Labute approximate surface area is 222 Å². The molecule has 38 heavy (non-hydrogen) atoms. The van der Waals surface area contributed by atoms with E-state index in [9.17, 15) is 34.2 Å². The van der Waals surface area contributed by atoms with Crippen molar-refractivity contribution in [2.24, 2.45) is 39.4 Å². The maximum atomic E-state index is 14.1. The number of rotatable bonds is 2. The molecule has 2 N–H and O–H groups in total. The van der Waals surface area contributed by atoms with E-state index in [2.05, 4.69) is 6.58 Å². The van der Waals surface area contributed by atoms with Crippen LogP contribution in [0.3, 0.4) is 0 Å². The minimum Gasteiger partial charge on any atom is -0.466 e. The van der Waals surface area contributed by atoms with E-state index in [1.165, 1.54) is 20.8 Å². The molecule has 0 unspecified atom stereocenters. The van der Waals surface area contributed by atoms with E-state index in [1.54, 1.807) is 27.7 Å². The van der Waals surface area contributed by atoms with Gasteiger partial charge in [0, 0.05) is 35.5 Å². The molecule has 1 heterocycles. The number of cyclic esters (lactones) is 1. The summed E-state index contributed by atoms with van der Waals surface area (Å²) in [5.41, 5.74) is -7.20. The Morgan fingerprint density at radius 1 is 1.00 bits per heavy atom. The molecule has 0 spiro atoms. The van der Waals surface area contributed by atoms with Gasteiger partial charge in [-0.1, -0.05) is 39.8 Å². The van der Waals surface area contributed by atoms with Gasteiger partial charge in [-0.2, -0.15) is 0 Å². The third kappa shape index (κ3) is 3.10. The summed E-state index contributed by atoms with van der Waals surface area (Å²) in [6.45, 7) is 14.9. The van der Waals surface area contributed by atoms with E-state index in [1.807, 2.05) is 0 Å². The van der Waals surface area contributed by atoms with Crippen LogP contribution in [0.2, 0.25) is 0 Å². The fraction of sp³-hybridized carbons (Fsp3) is 0.750. The number of esters is 3. The highest BCUT2D eigenvalue weighted by Crippen LogP contribution is 2.72. The number of ketones is 2. The number of aliphatic hydroxyl groups is 2. The summed E-state index contributed by atoms with van der Waals surface area (Å²) in [6.07, 6.45) is -4.03. The lowest BCUT2D eigenvalue weighted by Gasteiger charge is -2.71. The topological polar surface area (TPSA) is 154 Å². The first-order valence-corrected chi connectivity index (χ1v) is 12.9. The molecule has 210 valence electrons. The van der Waals surface area contributed by atoms with Crippen LogP contribution >= 0.6 is 0 Å². The van der Waals surface area contributed by atoms with E-state index < -0.39 is 87.0 Å². The molecule has 0 bridgehead atoms. The number of hydrogen-bond acceptors (Lipinski definition) is 10. The van der Waals surface area contributed by atoms with Gasteiger partial charge in [-0.25, -0.2) is 4.79 Å². The first-order chi connectivity index (χ1) is 17.3. The predicted octanol–water partition coefficient (Wildman–Crippen LogP) is 1.54. The van der Waals surface area contributed by atoms with Crippen molar-refractivity contribution in [2.45, 2.75) is 85.2 Å². The first kappa shape index (κ1) is 28.4. The Morgan fingerprint density at radius 3 is 2.11 bits per heavy atom. The molecular weight excluding hydrogens is 496 g/mol. The molecule has 10 heteroatoms. The van der Waals surface area contributed by atoms with Crippen molar-refractivity contribution in [3.63, 3.8) is 0 Å². The van der Waals surface area contributed by atoms with E-state index in [-0.39, 0.29) is 18.6 Å². The van der Waals surface area contributed by atoms with Crippen molar-refractivity contribution >= 4 is 29.5 Å². The third-order valence-corrected chi connectivity index (χ3v) is 10.7. The molecule has 3 aliphatic carbocycles. The van der Waals surface area contributed by atoms with Crippen LogP contribution in [-0.2, 0) is 38.2 Å². The number of carbonyl (C=O) groups excluding carboxylic acids is 5. The molecule has 1 aliphatic heterocycles. The average Bonchev–Trinajstić information content (AvgIpc) is 2.80. The maximum Gasteiger partial charge on any atom is 0.358 e. The monoisotopic (exact) mass is 534 g/mol. The van der Waals surface area contributed by atoms with Gasteiger partial charge in [-0.3, -0.25) is 19.2 Å². The van der Waals surface area contributed by atoms with Crippen LogP contribution < -0.4 is 0 Å². The minimum absolute atomic E-state index is 0.110. The van der Waals surface area contributed by atoms with Gasteiger partial charge in [-0.15, -0.1) is 0 Å². The van der Waals surface area contributed by atoms with Gasteiger partial charge in [0.1, 0.15) is 11.9 Å². The summed E-state index contributed by atoms with van der Waals surface area (Å²) in [5.74, 6) is -6.46. The van der Waals surface area contributed by atoms with Crippen molar-refractivity contribution in [1.29, 1.82) is 0 Å². The van der Waals surface area contributed by atoms with Gasteiger partial charge in [-0.05, 0) is 26.2 Å². The van der Waals surface area contributed by atoms with E-state index in [4.69, 9.17) is 14.2 Å². The molecule has 4 fully saturated rings. The molecule has 10 atom stereocenters. The van der Waals surface area contributed by atoms with Gasteiger partial charge in [0.15, 0.2) is 5.78 Å². The van der Waals surface area contributed by atoms with Crippen molar-refractivity contribution < 1.29 is 48.4 Å². The second-order valence-corrected chi connectivity index (χ2v) is 12.9. The quantitative estimate of drug-likeness (QED) is 0.231. The molecule has 0 amide bonds. The molecule has 10 nitrogen and oxygen atoms in total. The van der Waals surface area contributed by atoms with Gasteiger partial charge in [0.25, 0.3) is 5.60 Å². The molecule has 4 aliphatic rings. The second kappa shape index (κ2) is 8.21. The molecule has 0 aromatic rings. The van der Waals surface area contributed by atoms with Gasteiger partial charge in [0.05, 0.1) is 30.7 Å². The Kier molecular flexibility index (Phi) is 6.14. The number of hydrogen-bond donors (Lipinski definition) is 2. The van der Waals surface area contributed by atoms with Gasteiger partial charge in [0.2, 0.25) is 0 Å². The smallest absolute Gasteiger partial charge is 0.358 e. The zero-order valence-corrected chi connectivity index (χ0v) is 23.2. The van der Waals surface area contributed by atoms with Crippen LogP contribution in [0.15, 0.2) is 12.2 Å². The number of ether oxygens (including phenoxy) is 3. The second-order valence-electron chi connectivity index (χ2n) is 12.9. The SMILES string of the molecule is C=C1C[C@@H]2[C@@](C)([C@@H]3C(=O)O[C@@](C)(C(=O)OC)C(=O)[C@]13C)[C@@H](OC(C)=O)[C@@H](O)[C@@H]1C(C)(C)C(=O)C[C@@H](O)[C@@]21C. The lowest BCUT2D eigenvalue weighted by molar-refractivity contribution is -0.293. The van der Waals surface area contributed by atoms with Crippen molar-refractivity contribution in [3.8, 4) is 0 Å². The molecule has 3 saturated carbocycles. The van der Waals surface area contributed by atoms with Crippen molar-refractivity contribution in [2.75, 3.05) is 7.11 Å². The summed E-state index contributed by atoms with van der Waals surface area (Å²) in [6, 6.07) is 0. The summed E-state index contributed by atoms with van der Waals surface area (Å²) in [7, 11) is 1.08. The highest BCUT2D eigenvalue weighted by Gasteiger charge is 2.79. The number of fused-ring (bicyclic) bond motifs is 5. The summed E-state index contributed by atoms with van der Waals surface area (Å²) in [4.78, 5) is 66.1. The van der Waals surface area contributed by atoms with Crippen molar-refractivity contribution in [3.05, 3.63) is 12.2 Å². The van der Waals surface area contributed by atoms with Crippen LogP contribution in [0.4, 0.5) is 0 Å². The summed E-state index contributed by atoms with van der Waals surface area (Å²) < 4.78 is 16.1.